The smallest absolute Gasteiger partial charge is 0.175 e. The molecule has 0 aliphatic carbocycles. The number of nitrogens with two attached hydrogens (primary N) is 1. The van der Waals surface area contributed by atoms with Crippen molar-refractivity contribution in [3.63, 3.8) is 0 Å². The van der Waals surface area contributed by atoms with Crippen molar-refractivity contribution in [2.75, 3.05) is 12.0 Å². The van der Waals surface area contributed by atoms with Crippen LogP contribution < -0.4 is 15.4 Å². The molecule has 2 rings (SSSR count). The third-order valence-electron chi connectivity index (χ3n) is 2.91. The monoisotopic (exact) mass is 272 g/mol. The molecule has 0 spiro atoms. The van der Waals surface area contributed by atoms with Gasteiger partial charge in [-0.2, -0.15) is 0 Å². The van der Waals surface area contributed by atoms with E-state index in [9.17, 15) is 0 Å². The van der Waals surface area contributed by atoms with Crippen LogP contribution in [0, 0.1) is 6.92 Å². The Morgan fingerprint density at radius 3 is 2.26 bits per heavy atom. The topological polar surface area (TPSA) is 38.5 Å². The predicted octanol–water partition coefficient (Wildman–Crippen LogP) is 3.39. The van der Waals surface area contributed by atoms with Gasteiger partial charge < -0.3 is 10.5 Å². The van der Waals surface area contributed by atoms with Crippen molar-refractivity contribution >= 4 is 28.7 Å². The minimum Gasteiger partial charge on any atom is -0.497 e. The van der Waals surface area contributed by atoms with Gasteiger partial charge in [0.2, 0.25) is 0 Å². The number of ether oxygens (including phenoxy) is 1. The first-order valence-corrected chi connectivity index (χ1v) is 6.33. The number of thiocarbonyl (C=S) groups is 1. The lowest BCUT2D eigenvalue weighted by Gasteiger charge is -2.24. The Kier molecular flexibility index (Phi) is 4.02. The molecular formula is C15H16N2OS. The van der Waals surface area contributed by atoms with Crippen LogP contribution in [0.1, 0.15) is 5.56 Å². The molecule has 0 bridgehead atoms. The van der Waals surface area contributed by atoms with Crippen LogP contribution in [0.3, 0.4) is 0 Å². The van der Waals surface area contributed by atoms with Gasteiger partial charge in [-0.05, 0) is 55.0 Å². The summed E-state index contributed by atoms with van der Waals surface area (Å²) < 4.78 is 5.16. The van der Waals surface area contributed by atoms with Gasteiger partial charge in [-0.1, -0.05) is 18.2 Å². The maximum absolute atomic E-state index is 5.87. The molecule has 0 aliphatic rings. The Morgan fingerprint density at radius 2 is 1.74 bits per heavy atom. The number of hydrogen-bond acceptors (Lipinski definition) is 2. The highest BCUT2D eigenvalue weighted by Gasteiger charge is 2.13. The van der Waals surface area contributed by atoms with E-state index in [-0.39, 0.29) is 0 Å². The highest BCUT2D eigenvalue weighted by atomic mass is 32.1. The molecule has 4 heteroatoms. The molecule has 0 aromatic heterocycles. The molecule has 0 aliphatic heterocycles. The highest BCUT2D eigenvalue weighted by Crippen LogP contribution is 2.29. The Morgan fingerprint density at radius 1 is 1.11 bits per heavy atom. The second kappa shape index (κ2) is 5.71. The zero-order valence-electron chi connectivity index (χ0n) is 11.0. The second-order valence-electron chi connectivity index (χ2n) is 4.16. The molecule has 0 radical (unpaired) electrons. The number of aryl methyl sites for hydroxylation is 1. The number of nitrogens with zero attached hydrogens (tertiary/aromatic N) is 1. The van der Waals surface area contributed by atoms with Crippen molar-refractivity contribution < 1.29 is 4.74 Å². The molecule has 0 unspecified atom stereocenters. The van der Waals surface area contributed by atoms with Crippen LogP contribution in [0.4, 0.5) is 11.4 Å². The minimum absolute atomic E-state index is 0.319. The van der Waals surface area contributed by atoms with E-state index in [4.69, 9.17) is 22.7 Å². The molecule has 0 fully saturated rings. The van der Waals surface area contributed by atoms with Crippen LogP contribution in [0.5, 0.6) is 5.75 Å². The third kappa shape index (κ3) is 2.85. The molecule has 2 aromatic carbocycles. The Balaban J connectivity index is 2.46. The zero-order chi connectivity index (χ0) is 13.8. The number of rotatable bonds is 3. The fraction of sp³-hybridized carbons (Fsp3) is 0.133. The van der Waals surface area contributed by atoms with Gasteiger partial charge in [0.25, 0.3) is 0 Å². The summed E-state index contributed by atoms with van der Waals surface area (Å²) in [5, 5.41) is 0.319. The lowest BCUT2D eigenvalue weighted by Crippen LogP contribution is -2.31. The van der Waals surface area contributed by atoms with E-state index in [1.807, 2.05) is 60.4 Å². The average Bonchev–Trinajstić information content (AvgIpc) is 2.42. The Hall–Kier alpha value is -2.07. The van der Waals surface area contributed by atoms with Crippen LogP contribution in [-0.4, -0.2) is 12.2 Å². The largest absolute Gasteiger partial charge is 0.497 e. The van der Waals surface area contributed by atoms with E-state index >= 15 is 0 Å². The number of para-hydroxylation sites is 1. The Labute approximate surface area is 118 Å². The summed E-state index contributed by atoms with van der Waals surface area (Å²) >= 11 is 5.17. The minimum atomic E-state index is 0.319. The number of benzene rings is 2. The number of hydrogen-bond donors (Lipinski definition) is 1. The van der Waals surface area contributed by atoms with E-state index in [0.29, 0.717) is 5.11 Å². The summed E-state index contributed by atoms with van der Waals surface area (Å²) in [5.74, 6) is 0.802. The first-order valence-electron chi connectivity index (χ1n) is 5.92. The van der Waals surface area contributed by atoms with E-state index < -0.39 is 0 Å². The molecule has 0 amide bonds. The van der Waals surface area contributed by atoms with Crippen molar-refractivity contribution in [2.45, 2.75) is 6.92 Å². The van der Waals surface area contributed by atoms with Crippen LogP contribution in [0.15, 0.2) is 48.5 Å². The van der Waals surface area contributed by atoms with Crippen molar-refractivity contribution in [3.05, 3.63) is 54.1 Å². The van der Waals surface area contributed by atoms with Crippen LogP contribution in [0.2, 0.25) is 0 Å². The van der Waals surface area contributed by atoms with Crippen molar-refractivity contribution in [2.24, 2.45) is 5.73 Å². The first kappa shape index (κ1) is 13.4. The van der Waals surface area contributed by atoms with Crippen LogP contribution in [0.25, 0.3) is 0 Å². The molecule has 0 heterocycles. The normalized spacial score (nSPS) is 10.0. The summed E-state index contributed by atoms with van der Waals surface area (Å²) in [4.78, 5) is 1.85. The van der Waals surface area contributed by atoms with Gasteiger partial charge in [0.1, 0.15) is 5.75 Å². The second-order valence-corrected chi connectivity index (χ2v) is 4.58. The van der Waals surface area contributed by atoms with Crippen molar-refractivity contribution in [1.82, 2.24) is 0 Å². The molecule has 19 heavy (non-hydrogen) atoms. The van der Waals surface area contributed by atoms with E-state index in [0.717, 1.165) is 22.7 Å². The van der Waals surface area contributed by atoms with Gasteiger partial charge in [-0.25, -0.2) is 0 Å². The summed E-state index contributed by atoms with van der Waals surface area (Å²) in [6.45, 7) is 2.03. The Bertz CT molecular complexity index is 581. The number of methoxy groups -OCH3 is 1. The molecule has 0 atom stereocenters. The predicted molar refractivity (Wildman–Crippen MR) is 83.1 cm³/mol. The highest BCUT2D eigenvalue weighted by molar-refractivity contribution is 7.80. The van der Waals surface area contributed by atoms with Crippen LogP contribution >= 0.6 is 12.2 Å². The summed E-state index contributed by atoms with van der Waals surface area (Å²) in [7, 11) is 1.64. The van der Waals surface area contributed by atoms with Gasteiger partial charge in [0.05, 0.1) is 12.8 Å². The lowest BCUT2D eigenvalue weighted by atomic mass is 10.1. The van der Waals surface area contributed by atoms with Gasteiger partial charge in [0, 0.05) is 5.69 Å². The zero-order valence-corrected chi connectivity index (χ0v) is 11.8. The third-order valence-corrected chi connectivity index (χ3v) is 3.09. The maximum atomic E-state index is 5.87. The first-order chi connectivity index (χ1) is 9.13. The lowest BCUT2D eigenvalue weighted by molar-refractivity contribution is 0.415. The SMILES string of the molecule is COc1ccc(N(C(N)=S)c2ccccc2C)cc1. The fourth-order valence-corrected chi connectivity index (χ4v) is 2.13. The fourth-order valence-electron chi connectivity index (χ4n) is 1.93. The molecular weight excluding hydrogens is 256 g/mol. The summed E-state index contributed by atoms with van der Waals surface area (Å²) in [5.41, 5.74) is 8.89. The van der Waals surface area contributed by atoms with Gasteiger partial charge in [-0.15, -0.1) is 0 Å². The van der Waals surface area contributed by atoms with Gasteiger partial charge in [-0.3, -0.25) is 4.90 Å². The summed E-state index contributed by atoms with van der Waals surface area (Å²) in [6.07, 6.45) is 0. The molecule has 0 saturated heterocycles. The van der Waals surface area contributed by atoms with Crippen molar-refractivity contribution in [3.8, 4) is 5.75 Å². The molecule has 3 nitrogen and oxygen atoms in total. The quantitative estimate of drug-likeness (QED) is 0.869. The van der Waals surface area contributed by atoms with E-state index in [1.165, 1.54) is 0 Å². The van der Waals surface area contributed by atoms with E-state index in [1.54, 1.807) is 7.11 Å². The molecule has 0 saturated carbocycles. The summed E-state index contributed by atoms with van der Waals surface area (Å²) in [6, 6.07) is 15.6. The molecule has 98 valence electrons. The van der Waals surface area contributed by atoms with E-state index in [2.05, 4.69) is 0 Å². The maximum Gasteiger partial charge on any atom is 0.175 e. The standard InChI is InChI=1S/C15H16N2OS/c1-11-5-3-4-6-14(11)17(15(16)19)12-7-9-13(18-2)10-8-12/h3-10H,1-2H3,(H2,16,19). The van der Waals surface area contributed by atoms with Gasteiger partial charge >= 0.3 is 0 Å². The molecule has 2 N–H and O–H groups in total. The number of anilines is 2. The van der Waals surface area contributed by atoms with Crippen LogP contribution in [-0.2, 0) is 0 Å². The van der Waals surface area contributed by atoms with Gasteiger partial charge in [0.15, 0.2) is 5.11 Å². The van der Waals surface area contributed by atoms with Crippen molar-refractivity contribution in [1.29, 1.82) is 0 Å². The molecule has 2 aromatic rings. The average molecular weight is 272 g/mol.